The van der Waals surface area contributed by atoms with Crippen LogP contribution in [0.5, 0.6) is 5.75 Å². The SMILES string of the molecule is COc1ccc(Cl)cc1C1C2=C(CCCC2=O)OC2=C1C(=O)CCC2. The molecule has 0 atom stereocenters. The van der Waals surface area contributed by atoms with E-state index in [1.165, 1.54) is 0 Å². The zero-order chi connectivity index (χ0) is 17.6. The van der Waals surface area contributed by atoms with Crippen molar-refractivity contribution in [1.29, 1.82) is 0 Å². The summed E-state index contributed by atoms with van der Waals surface area (Å²) >= 11 is 6.23. The van der Waals surface area contributed by atoms with Gasteiger partial charge in [-0.15, -0.1) is 0 Å². The van der Waals surface area contributed by atoms with Crippen LogP contribution in [0.3, 0.4) is 0 Å². The van der Waals surface area contributed by atoms with Gasteiger partial charge >= 0.3 is 0 Å². The van der Waals surface area contributed by atoms with Crippen LogP contribution in [-0.4, -0.2) is 18.7 Å². The van der Waals surface area contributed by atoms with Gasteiger partial charge in [0.15, 0.2) is 11.6 Å². The molecule has 0 spiro atoms. The van der Waals surface area contributed by atoms with E-state index in [1.54, 1.807) is 25.3 Å². The number of carbonyl (C=O) groups is 2. The zero-order valence-corrected chi connectivity index (χ0v) is 14.8. The molecule has 0 unspecified atom stereocenters. The first-order valence-corrected chi connectivity index (χ1v) is 9.01. The molecule has 4 rings (SSSR count). The van der Waals surface area contributed by atoms with E-state index in [-0.39, 0.29) is 11.6 Å². The molecule has 3 aliphatic rings. The van der Waals surface area contributed by atoms with Crippen molar-refractivity contribution in [3.05, 3.63) is 51.4 Å². The second-order valence-corrected chi connectivity index (χ2v) is 7.08. The predicted molar refractivity (Wildman–Crippen MR) is 93.6 cm³/mol. The molecule has 1 heterocycles. The Kier molecular flexibility index (Phi) is 4.16. The van der Waals surface area contributed by atoms with E-state index in [2.05, 4.69) is 0 Å². The van der Waals surface area contributed by atoms with Crippen molar-refractivity contribution in [2.24, 2.45) is 0 Å². The van der Waals surface area contributed by atoms with Gasteiger partial charge in [-0.2, -0.15) is 0 Å². The molecule has 1 aromatic carbocycles. The van der Waals surface area contributed by atoms with E-state index in [0.29, 0.717) is 34.8 Å². The number of carbonyl (C=O) groups excluding carboxylic acids is 2. The zero-order valence-electron chi connectivity index (χ0n) is 14.1. The van der Waals surface area contributed by atoms with E-state index >= 15 is 0 Å². The number of ether oxygens (including phenoxy) is 2. The molecule has 0 radical (unpaired) electrons. The topological polar surface area (TPSA) is 52.6 Å². The molecule has 0 fully saturated rings. The Labute approximate surface area is 151 Å². The normalized spacial score (nSPS) is 21.0. The molecule has 0 aromatic heterocycles. The van der Waals surface area contributed by atoms with Crippen molar-refractivity contribution in [2.45, 2.75) is 44.4 Å². The fourth-order valence-electron chi connectivity index (χ4n) is 4.06. The van der Waals surface area contributed by atoms with E-state index in [1.807, 2.05) is 0 Å². The minimum atomic E-state index is -0.437. The van der Waals surface area contributed by atoms with Crippen molar-refractivity contribution in [3.8, 4) is 5.75 Å². The summed E-state index contributed by atoms with van der Waals surface area (Å²) in [6.07, 6.45) is 3.99. The average molecular weight is 359 g/mol. The number of Topliss-reactive ketones (excluding diaryl/α,β-unsaturated/α-hetero) is 2. The predicted octanol–water partition coefficient (Wildman–Crippen LogP) is 4.48. The Balaban J connectivity index is 1.96. The number of allylic oxidation sites excluding steroid dienone is 4. The van der Waals surface area contributed by atoms with Crippen LogP contribution in [0.15, 0.2) is 40.9 Å². The summed E-state index contributed by atoms with van der Waals surface area (Å²) in [6, 6.07) is 5.34. The molecule has 0 N–H and O–H groups in total. The van der Waals surface area contributed by atoms with Crippen molar-refractivity contribution in [3.63, 3.8) is 0 Å². The van der Waals surface area contributed by atoms with Gasteiger partial charge < -0.3 is 9.47 Å². The molecule has 25 heavy (non-hydrogen) atoms. The Hall–Kier alpha value is -2.07. The fourth-order valence-corrected chi connectivity index (χ4v) is 4.24. The van der Waals surface area contributed by atoms with E-state index < -0.39 is 5.92 Å². The highest BCUT2D eigenvalue weighted by atomic mass is 35.5. The largest absolute Gasteiger partial charge is 0.496 e. The van der Waals surface area contributed by atoms with Crippen molar-refractivity contribution in [1.82, 2.24) is 0 Å². The van der Waals surface area contributed by atoms with Gasteiger partial charge in [-0.05, 0) is 31.0 Å². The standard InChI is InChI=1S/C20H19ClO4/c1-24-15-9-8-11(21)10-12(15)18-19-13(22)4-2-6-16(19)25-17-7-3-5-14(23)20(17)18/h8-10,18H,2-7H2,1H3. The molecule has 5 heteroatoms. The second-order valence-electron chi connectivity index (χ2n) is 6.65. The molecule has 4 nitrogen and oxygen atoms in total. The smallest absolute Gasteiger partial charge is 0.163 e. The number of ketones is 2. The Morgan fingerprint density at radius 2 is 1.60 bits per heavy atom. The first-order chi connectivity index (χ1) is 12.1. The van der Waals surface area contributed by atoms with Crippen molar-refractivity contribution >= 4 is 23.2 Å². The molecule has 2 aliphatic carbocycles. The first-order valence-electron chi connectivity index (χ1n) is 8.64. The molecule has 0 saturated carbocycles. The van der Waals surface area contributed by atoms with Crippen molar-refractivity contribution in [2.75, 3.05) is 7.11 Å². The fraction of sp³-hybridized carbons (Fsp3) is 0.400. The summed E-state index contributed by atoms with van der Waals surface area (Å²) in [5.74, 6) is 1.74. The summed E-state index contributed by atoms with van der Waals surface area (Å²) < 4.78 is 11.6. The molecule has 130 valence electrons. The van der Waals surface area contributed by atoms with Crippen LogP contribution in [0.1, 0.15) is 50.0 Å². The Morgan fingerprint density at radius 1 is 1.00 bits per heavy atom. The third-order valence-electron chi connectivity index (χ3n) is 5.14. The molecular weight excluding hydrogens is 340 g/mol. The summed E-state index contributed by atoms with van der Waals surface area (Å²) in [7, 11) is 1.59. The molecular formula is C20H19ClO4. The maximum atomic E-state index is 12.7. The van der Waals surface area contributed by atoms with Gasteiger partial charge in [0, 0.05) is 47.4 Å². The van der Waals surface area contributed by atoms with Crippen LogP contribution in [-0.2, 0) is 14.3 Å². The maximum Gasteiger partial charge on any atom is 0.163 e. The van der Waals surface area contributed by atoms with Crippen LogP contribution < -0.4 is 4.74 Å². The average Bonchev–Trinajstić information content (AvgIpc) is 2.60. The van der Waals surface area contributed by atoms with Crippen molar-refractivity contribution < 1.29 is 19.1 Å². The summed E-state index contributed by atoms with van der Waals surface area (Å²) in [6.45, 7) is 0. The monoisotopic (exact) mass is 358 g/mol. The number of halogens is 1. The molecule has 1 aliphatic heterocycles. The molecule has 0 bridgehead atoms. The van der Waals surface area contributed by atoms with E-state index in [4.69, 9.17) is 21.1 Å². The molecule has 0 amide bonds. The van der Waals surface area contributed by atoms with Gasteiger partial charge in [-0.25, -0.2) is 0 Å². The highest BCUT2D eigenvalue weighted by molar-refractivity contribution is 6.30. The van der Waals surface area contributed by atoms with Crippen LogP contribution in [0.2, 0.25) is 5.02 Å². The van der Waals surface area contributed by atoms with Crippen LogP contribution in [0, 0.1) is 0 Å². The lowest BCUT2D eigenvalue weighted by Gasteiger charge is -2.36. The third kappa shape index (κ3) is 2.69. The highest BCUT2D eigenvalue weighted by Gasteiger charge is 2.42. The van der Waals surface area contributed by atoms with Gasteiger partial charge in [0.25, 0.3) is 0 Å². The number of hydrogen-bond acceptors (Lipinski definition) is 4. The van der Waals surface area contributed by atoms with Crippen LogP contribution in [0.25, 0.3) is 0 Å². The highest BCUT2D eigenvalue weighted by Crippen LogP contribution is 2.49. The Morgan fingerprint density at radius 3 is 2.16 bits per heavy atom. The van der Waals surface area contributed by atoms with E-state index in [9.17, 15) is 9.59 Å². The lowest BCUT2D eigenvalue weighted by atomic mass is 9.73. The molecule has 1 aromatic rings. The number of rotatable bonds is 2. The third-order valence-corrected chi connectivity index (χ3v) is 5.38. The van der Waals surface area contributed by atoms with Gasteiger partial charge in [0.1, 0.15) is 17.3 Å². The minimum absolute atomic E-state index is 0.0539. The van der Waals surface area contributed by atoms with Gasteiger partial charge in [0.05, 0.1) is 13.0 Å². The number of benzene rings is 1. The van der Waals surface area contributed by atoms with Gasteiger partial charge in [-0.3, -0.25) is 9.59 Å². The maximum absolute atomic E-state index is 12.7. The quantitative estimate of drug-likeness (QED) is 0.782. The Bertz CT molecular complexity index is 792. The number of methoxy groups -OCH3 is 1. The number of hydrogen-bond donors (Lipinski definition) is 0. The summed E-state index contributed by atoms with van der Waals surface area (Å²) in [5.41, 5.74) is 1.99. The lowest BCUT2D eigenvalue weighted by molar-refractivity contribution is -0.117. The van der Waals surface area contributed by atoms with Crippen LogP contribution in [0.4, 0.5) is 0 Å². The lowest BCUT2D eigenvalue weighted by Crippen LogP contribution is -2.30. The molecule has 0 saturated heterocycles. The van der Waals surface area contributed by atoms with Gasteiger partial charge in [0.2, 0.25) is 0 Å². The van der Waals surface area contributed by atoms with Gasteiger partial charge in [-0.1, -0.05) is 11.6 Å². The summed E-state index contributed by atoms with van der Waals surface area (Å²) in [5, 5.41) is 0.554. The summed E-state index contributed by atoms with van der Waals surface area (Å²) in [4.78, 5) is 25.5. The first kappa shape index (κ1) is 16.4. The second kappa shape index (κ2) is 6.34. The minimum Gasteiger partial charge on any atom is -0.496 e. The van der Waals surface area contributed by atoms with Crippen LogP contribution >= 0.6 is 11.6 Å². The van der Waals surface area contributed by atoms with E-state index in [0.717, 1.165) is 42.8 Å².